The predicted octanol–water partition coefficient (Wildman–Crippen LogP) is 3.05. The minimum atomic E-state index is -0.646. The molecule has 0 aliphatic carbocycles. The number of aromatic nitrogens is 1. The number of hydrogen-bond donors (Lipinski definition) is 2. The Balaban J connectivity index is 1.68. The summed E-state index contributed by atoms with van der Waals surface area (Å²) in [5, 5.41) is 19.8. The van der Waals surface area contributed by atoms with E-state index in [0.29, 0.717) is 17.2 Å². The number of benzene rings is 1. The Bertz CT molecular complexity index is 787. The van der Waals surface area contributed by atoms with Gasteiger partial charge in [0.15, 0.2) is 0 Å². The first-order valence-corrected chi connectivity index (χ1v) is 8.40. The molecule has 1 amide bonds. The highest BCUT2D eigenvalue weighted by atomic mass is 16.3. The third-order valence-corrected chi connectivity index (χ3v) is 4.67. The molecule has 1 aromatic heterocycles. The van der Waals surface area contributed by atoms with Gasteiger partial charge in [0.05, 0.1) is 17.2 Å². The minimum Gasteiger partial charge on any atom is -0.390 e. The number of fused-ring (bicyclic) bond motifs is 1. The smallest absolute Gasteiger partial charge is 0.270 e. The molecule has 1 aliphatic heterocycles. The van der Waals surface area contributed by atoms with Crippen molar-refractivity contribution in [2.45, 2.75) is 38.7 Å². The van der Waals surface area contributed by atoms with E-state index in [1.54, 1.807) is 12.1 Å². The van der Waals surface area contributed by atoms with Crippen LogP contribution in [0.2, 0.25) is 0 Å². The Morgan fingerprint density at radius 1 is 1.38 bits per heavy atom. The maximum absolute atomic E-state index is 12.7. The van der Waals surface area contributed by atoms with Crippen LogP contribution in [0.1, 0.15) is 49.2 Å². The number of H-pyrrole nitrogens is 1. The number of aliphatic hydroxyl groups is 1. The minimum absolute atomic E-state index is 0.00594. The van der Waals surface area contributed by atoms with Crippen LogP contribution in [0, 0.1) is 17.2 Å². The van der Waals surface area contributed by atoms with E-state index in [0.717, 1.165) is 43.3 Å². The van der Waals surface area contributed by atoms with Gasteiger partial charge in [-0.15, -0.1) is 0 Å². The quantitative estimate of drug-likeness (QED) is 0.910. The van der Waals surface area contributed by atoms with Gasteiger partial charge in [-0.2, -0.15) is 5.26 Å². The normalized spacial score (nSPS) is 16.3. The van der Waals surface area contributed by atoms with Crippen LogP contribution in [-0.4, -0.2) is 39.6 Å². The first-order chi connectivity index (χ1) is 11.4. The zero-order chi connectivity index (χ0) is 17.3. The van der Waals surface area contributed by atoms with Crippen molar-refractivity contribution in [3.63, 3.8) is 0 Å². The topological polar surface area (TPSA) is 80.1 Å². The Morgan fingerprint density at radius 2 is 2.08 bits per heavy atom. The second-order valence-corrected chi connectivity index (χ2v) is 7.35. The average Bonchev–Trinajstić information content (AvgIpc) is 2.96. The van der Waals surface area contributed by atoms with Crippen molar-refractivity contribution in [1.29, 1.82) is 5.26 Å². The monoisotopic (exact) mass is 325 g/mol. The molecule has 1 aromatic carbocycles. The van der Waals surface area contributed by atoms with E-state index in [1.807, 2.05) is 30.9 Å². The number of amides is 1. The third kappa shape index (κ3) is 3.60. The van der Waals surface area contributed by atoms with E-state index in [-0.39, 0.29) is 5.91 Å². The number of aromatic amines is 1. The van der Waals surface area contributed by atoms with E-state index in [1.165, 1.54) is 0 Å². The van der Waals surface area contributed by atoms with Gasteiger partial charge in [0.25, 0.3) is 5.91 Å². The first kappa shape index (κ1) is 16.5. The summed E-state index contributed by atoms with van der Waals surface area (Å²) in [6.07, 6.45) is 2.63. The predicted molar refractivity (Wildman–Crippen MR) is 92.6 cm³/mol. The number of nitrogens with zero attached hydrogens (tertiary/aromatic N) is 2. The molecule has 0 saturated carbocycles. The lowest BCUT2D eigenvalue weighted by Crippen LogP contribution is -2.40. The summed E-state index contributed by atoms with van der Waals surface area (Å²) in [7, 11) is 0. The van der Waals surface area contributed by atoms with Crippen LogP contribution in [0.25, 0.3) is 10.9 Å². The second-order valence-electron chi connectivity index (χ2n) is 7.35. The van der Waals surface area contributed by atoms with Gasteiger partial charge >= 0.3 is 0 Å². The third-order valence-electron chi connectivity index (χ3n) is 4.67. The zero-order valence-electron chi connectivity index (χ0n) is 14.2. The molecule has 2 heterocycles. The van der Waals surface area contributed by atoms with Gasteiger partial charge in [-0.1, -0.05) is 0 Å². The van der Waals surface area contributed by atoms with E-state index < -0.39 is 5.60 Å². The summed E-state index contributed by atoms with van der Waals surface area (Å²) >= 11 is 0. The number of hydrogen-bond acceptors (Lipinski definition) is 3. The number of nitriles is 1. The highest BCUT2D eigenvalue weighted by Gasteiger charge is 2.27. The summed E-state index contributed by atoms with van der Waals surface area (Å²) in [5.41, 5.74) is 1.38. The Labute approximate surface area is 141 Å². The van der Waals surface area contributed by atoms with Crippen LogP contribution >= 0.6 is 0 Å². The summed E-state index contributed by atoms with van der Waals surface area (Å²) in [6.45, 7) is 5.12. The molecular formula is C19H23N3O2. The molecule has 0 radical (unpaired) electrons. The fourth-order valence-corrected chi connectivity index (χ4v) is 3.53. The van der Waals surface area contributed by atoms with Crippen molar-refractivity contribution in [1.82, 2.24) is 9.88 Å². The molecule has 3 rings (SSSR count). The Kier molecular flexibility index (Phi) is 4.33. The molecule has 2 N–H and O–H groups in total. The molecule has 5 heteroatoms. The number of likely N-dealkylation sites (tertiary alicyclic amines) is 1. The van der Waals surface area contributed by atoms with E-state index >= 15 is 0 Å². The maximum atomic E-state index is 12.7. The molecule has 0 spiro atoms. The number of piperidine rings is 1. The van der Waals surface area contributed by atoms with Crippen molar-refractivity contribution in [3.8, 4) is 6.07 Å². The molecule has 2 aromatic rings. The van der Waals surface area contributed by atoms with Gasteiger partial charge in [0.1, 0.15) is 5.69 Å². The van der Waals surface area contributed by atoms with Crippen LogP contribution < -0.4 is 0 Å². The van der Waals surface area contributed by atoms with E-state index in [4.69, 9.17) is 5.26 Å². The van der Waals surface area contributed by atoms with Gasteiger partial charge in [-0.3, -0.25) is 4.79 Å². The van der Waals surface area contributed by atoms with Crippen molar-refractivity contribution in [3.05, 3.63) is 35.5 Å². The highest BCUT2D eigenvalue weighted by Crippen LogP contribution is 2.27. The number of carbonyl (C=O) groups is 1. The van der Waals surface area contributed by atoms with Gasteiger partial charge in [0, 0.05) is 24.0 Å². The fourth-order valence-electron chi connectivity index (χ4n) is 3.53. The molecule has 0 unspecified atom stereocenters. The Morgan fingerprint density at radius 3 is 2.71 bits per heavy atom. The lowest BCUT2D eigenvalue weighted by atomic mass is 9.86. The standard InChI is InChI=1S/C19H23N3O2/c1-19(2,24)11-13-5-7-22(8-6-13)18(23)17-10-15-9-14(12-20)3-4-16(15)21-17/h3-4,9-10,13,21,24H,5-8,11H2,1-2H3. The maximum Gasteiger partial charge on any atom is 0.270 e. The van der Waals surface area contributed by atoms with Crippen molar-refractivity contribution < 1.29 is 9.90 Å². The van der Waals surface area contributed by atoms with Gasteiger partial charge in [0.2, 0.25) is 0 Å². The van der Waals surface area contributed by atoms with Crippen molar-refractivity contribution in [2.24, 2.45) is 5.92 Å². The lowest BCUT2D eigenvalue weighted by Gasteiger charge is -2.34. The molecule has 0 bridgehead atoms. The number of carbonyl (C=O) groups excluding carboxylic acids is 1. The molecule has 1 saturated heterocycles. The van der Waals surface area contributed by atoms with Crippen LogP contribution in [0.15, 0.2) is 24.3 Å². The summed E-state index contributed by atoms with van der Waals surface area (Å²) in [4.78, 5) is 17.7. The molecule has 1 aliphatic rings. The first-order valence-electron chi connectivity index (χ1n) is 8.40. The second kappa shape index (κ2) is 6.29. The molecule has 5 nitrogen and oxygen atoms in total. The summed E-state index contributed by atoms with van der Waals surface area (Å²) < 4.78 is 0. The molecule has 0 atom stereocenters. The molecular weight excluding hydrogens is 302 g/mol. The van der Waals surface area contributed by atoms with Crippen LogP contribution in [-0.2, 0) is 0 Å². The molecule has 24 heavy (non-hydrogen) atoms. The van der Waals surface area contributed by atoms with Gasteiger partial charge in [-0.25, -0.2) is 0 Å². The number of rotatable bonds is 3. The van der Waals surface area contributed by atoms with Crippen molar-refractivity contribution in [2.75, 3.05) is 13.1 Å². The Hall–Kier alpha value is -2.32. The van der Waals surface area contributed by atoms with Crippen LogP contribution in [0.4, 0.5) is 0 Å². The van der Waals surface area contributed by atoms with E-state index in [2.05, 4.69) is 11.1 Å². The number of nitrogens with one attached hydrogen (secondary N) is 1. The lowest BCUT2D eigenvalue weighted by molar-refractivity contribution is 0.0357. The van der Waals surface area contributed by atoms with Gasteiger partial charge in [-0.05, 0) is 63.3 Å². The summed E-state index contributed by atoms with van der Waals surface area (Å²) in [6, 6.07) is 9.30. The summed E-state index contributed by atoms with van der Waals surface area (Å²) in [5.74, 6) is 0.473. The van der Waals surface area contributed by atoms with Crippen LogP contribution in [0.5, 0.6) is 0 Å². The van der Waals surface area contributed by atoms with Crippen LogP contribution in [0.3, 0.4) is 0 Å². The van der Waals surface area contributed by atoms with Gasteiger partial charge < -0.3 is 15.0 Å². The average molecular weight is 325 g/mol. The van der Waals surface area contributed by atoms with E-state index in [9.17, 15) is 9.90 Å². The SMILES string of the molecule is CC(C)(O)CC1CCN(C(=O)c2cc3cc(C#N)ccc3[nH]2)CC1. The fraction of sp³-hybridized carbons (Fsp3) is 0.474. The highest BCUT2D eigenvalue weighted by molar-refractivity contribution is 5.98. The zero-order valence-corrected chi connectivity index (χ0v) is 14.2. The molecule has 1 fully saturated rings. The van der Waals surface area contributed by atoms with Crippen molar-refractivity contribution >= 4 is 16.8 Å². The molecule has 126 valence electrons. The largest absolute Gasteiger partial charge is 0.390 e.